The molecule has 0 aliphatic heterocycles. The largest absolute Gasteiger partial charge is 0.454 e. The van der Waals surface area contributed by atoms with Crippen LogP contribution in [-0.2, 0) is 14.3 Å². The van der Waals surface area contributed by atoms with Crippen molar-refractivity contribution < 1.29 is 18.7 Å². The number of para-hydroxylation sites is 2. The zero-order valence-electron chi connectivity index (χ0n) is 17.1. The van der Waals surface area contributed by atoms with Gasteiger partial charge in [0.25, 0.3) is 5.91 Å². The Hall–Kier alpha value is -4.13. The number of amides is 1. The first-order chi connectivity index (χ1) is 15.0. The molecule has 1 N–H and O–H groups in total. The van der Waals surface area contributed by atoms with Gasteiger partial charge in [-0.05, 0) is 37.3 Å². The van der Waals surface area contributed by atoms with Crippen molar-refractivity contribution in [2.45, 2.75) is 13.0 Å². The summed E-state index contributed by atoms with van der Waals surface area (Å²) in [5.41, 5.74) is 2.88. The lowest BCUT2D eigenvalue weighted by atomic mass is 10.2. The fraction of sp³-hybridized carbons (Fsp3) is 0.125. The molecule has 0 radical (unpaired) electrons. The van der Waals surface area contributed by atoms with Gasteiger partial charge in [0, 0.05) is 30.3 Å². The van der Waals surface area contributed by atoms with E-state index in [1.165, 1.54) is 20.0 Å². The van der Waals surface area contributed by atoms with E-state index in [4.69, 9.17) is 9.15 Å². The van der Waals surface area contributed by atoms with Crippen molar-refractivity contribution in [1.82, 2.24) is 15.1 Å². The molecule has 1 amide bonds. The summed E-state index contributed by atoms with van der Waals surface area (Å²) in [6.45, 7) is 1.51. The number of carbonyl (C=O) groups excluding carboxylic acids is 2. The standard InChI is InChI=1S/C24H21N3O4/c1-16(24(29)25-2)30-22(28)13-12-18-15-27(19-9-4-3-5-10-19)26-23(18)21-14-17-8-6-7-11-20(17)31-21/h3-16H,1-2H3,(H,25,29)/b13-12+/t16-/m1/s1. The molecule has 0 saturated carbocycles. The van der Waals surface area contributed by atoms with E-state index in [0.29, 0.717) is 17.0 Å². The van der Waals surface area contributed by atoms with Crippen LogP contribution >= 0.6 is 0 Å². The van der Waals surface area contributed by atoms with Crippen LogP contribution in [0.5, 0.6) is 0 Å². The molecule has 0 fully saturated rings. The third kappa shape index (κ3) is 4.40. The zero-order valence-corrected chi connectivity index (χ0v) is 17.1. The van der Waals surface area contributed by atoms with Crippen LogP contribution in [0.1, 0.15) is 12.5 Å². The molecule has 1 atom stereocenters. The number of nitrogens with zero attached hydrogens (tertiary/aromatic N) is 2. The van der Waals surface area contributed by atoms with Gasteiger partial charge >= 0.3 is 5.97 Å². The topological polar surface area (TPSA) is 86.4 Å². The Morgan fingerprint density at radius 3 is 2.61 bits per heavy atom. The van der Waals surface area contributed by atoms with Gasteiger partial charge < -0.3 is 14.5 Å². The third-order valence-corrected chi connectivity index (χ3v) is 4.73. The Balaban J connectivity index is 1.69. The maximum absolute atomic E-state index is 12.2. The average molecular weight is 415 g/mol. The number of fused-ring (bicyclic) bond motifs is 1. The van der Waals surface area contributed by atoms with Crippen molar-refractivity contribution in [1.29, 1.82) is 0 Å². The van der Waals surface area contributed by atoms with Gasteiger partial charge in [0.2, 0.25) is 0 Å². The van der Waals surface area contributed by atoms with Gasteiger partial charge in [0.1, 0.15) is 11.3 Å². The summed E-state index contributed by atoms with van der Waals surface area (Å²) in [4.78, 5) is 23.7. The van der Waals surface area contributed by atoms with Gasteiger partial charge in [-0.3, -0.25) is 4.79 Å². The number of aromatic nitrogens is 2. The van der Waals surface area contributed by atoms with Gasteiger partial charge in [-0.15, -0.1) is 0 Å². The molecule has 2 heterocycles. The summed E-state index contributed by atoms with van der Waals surface area (Å²) < 4.78 is 12.8. The van der Waals surface area contributed by atoms with Crippen LogP contribution in [0.4, 0.5) is 0 Å². The Labute approximate surface area is 178 Å². The smallest absolute Gasteiger partial charge is 0.331 e. The number of ether oxygens (including phenoxy) is 1. The molecule has 7 nitrogen and oxygen atoms in total. The molecule has 31 heavy (non-hydrogen) atoms. The van der Waals surface area contributed by atoms with Crippen molar-refractivity contribution in [2.24, 2.45) is 0 Å². The zero-order chi connectivity index (χ0) is 21.8. The quantitative estimate of drug-likeness (QED) is 0.380. The first-order valence-electron chi connectivity index (χ1n) is 9.79. The Morgan fingerprint density at radius 2 is 1.87 bits per heavy atom. The minimum absolute atomic E-state index is 0.374. The molecular formula is C24H21N3O4. The minimum Gasteiger partial charge on any atom is -0.454 e. The number of rotatable bonds is 6. The molecule has 0 aliphatic rings. The summed E-state index contributed by atoms with van der Waals surface area (Å²) in [7, 11) is 1.49. The lowest BCUT2D eigenvalue weighted by Gasteiger charge is -2.09. The highest BCUT2D eigenvalue weighted by atomic mass is 16.5. The van der Waals surface area contributed by atoms with Crippen molar-refractivity contribution in [2.75, 3.05) is 7.05 Å². The Kier molecular flexibility index (Phi) is 5.66. The number of esters is 1. The van der Waals surface area contributed by atoms with E-state index in [2.05, 4.69) is 10.4 Å². The first-order valence-corrected chi connectivity index (χ1v) is 9.79. The average Bonchev–Trinajstić information content (AvgIpc) is 3.41. The number of benzene rings is 2. The maximum atomic E-state index is 12.2. The molecule has 156 valence electrons. The van der Waals surface area contributed by atoms with Crippen LogP contribution in [0.25, 0.3) is 34.2 Å². The number of likely N-dealkylation sites (N-methyl/N-ethyl adjacent to an activating group) is 1. The highest BCUT2D eigenvalue weighted by Crippen LogP contribution is 2.30. The number of furan rings is 1. The SMILES string of the molecule is CNC(=O)[C@@H](C)OC(=O)/C=C/c1cn(-c2ccccc2)nc1-c1cc2ccccc2o1. The predicted molar refractivity (Wildman–Crippen MR) is 117 cm³/mol. The fourth-order valence-electron chi connectivity index (χ4n) is 3.14. The highest BCUT2D eigenvalue weighted by molar-refractivity contribution is 5.91. The van der Waals surface area contributed by atoms with Crippen molar-refractivity contribution in [3.05, 3.63) is 78.5 Å². The van der Waals surface area contributed by atoms with Gasteiger partial charge in [-0.2, -0.15) is 5.10 Å². The molecule has 4 rings (SSSR count). The second-order valence-electron chi connectivity index (χ2n) is 6.89. The number of hydrogen-bond donors (Lipinski definition) is 1. The van der Waals surface area contributed by atoms with E-state index in [0.717, 1.165) is 16.7 Å². The van der Waals surface area contributed by atoms with Gasteiger partial charge in [0.15, 0.2) is 11.9 Å². The van der Waals surface area contributed by atoms with Crippen LogP contribution in [0.2, 0.25) is 0 Å². The molecule has 0 unspecified atom stereocenters. The summed E-state index contributed by atoms with van der Waals surface area (Å²) in [5, 5.41) is 8.08. The maximum Gasteiger partial charge on any atom is 0.331 e. The van der Waals surface area contributed by atoms with Crippen LogP contribution in [0.15, 0.2) is 77.4 Å². The first kappa shape index (κ1) is 20.2. The molecule has 0 spiro atoms. The van der Waals surface area contributed by atoms with E-state index in [9.17, 15) is 9.59 Å². The van der Waals surface area contributed by atoms with Crippen molar-refractivity contribution >= 4 is 28.9 Å². The van der Waals surface area contributed by atoms with Crippen LogP contribution in [0, 0.1) is 0 Å². The molecule has 0 bridgehead atoms. The van der Waals surface area contributed by atoms with Crippen LogP contribution in [-0.4, -0.2) is 34.8 Å². The van der Waals surface area contributed by atoms with Crippen LogP contribution < -0.4 is 5.32 Å². The Bertz CT molecular complexity index is 1220. The van der Waals surface area contributed by atoms with E-state index < -0.39 is 12.1 Å². The molecule has 0 saturated heterocycles. The lowest BCUT2D eigenvalue weighted by Crippen LogP contribution is -2.32. The minimum atomic E-state index is -0.885. The molecule has 0 aliphatic carbocycles. The number of hydrogen-bond acceptors (Lipinski definition) is 5. The summed E-state index contributed by atoms with van der Waals surface area (Å²) in [6, 6.07) is 19.2. The Morgan fingerprint density at radius 1 is 1.13 bits per heavy atom. The van der Waals surface area contributed by atoms with Crippen LogP contribution in [0.3, 0.4) is 0 Å². The molecule has 2 aromatic heterocycles. The number of carbonyl (C=O) groups is 2. The highest BCUT2D eigenvalue weighted by Gasteiger charge is 2.17. The molecule has 4 aromatic rings. The van der Waals surface area contributed by atoms with E-state index >= 15 is 0 Å². The number of nitrogens with one attached hydrogen (secondary N) is 1. The molecular weight excluding hydrogens is 394 g/mol. The van der Waals surface area contributed by atoms with Gasteiger partial charge in [0.05, 0.1) is 5.69 Å². The summed E-state index contributed by atoms with van der Waals surface area (Å²) >= 11 is 0. The van der Waals surface area contributed by atoms with Gasteiger partial charge in [-0.1, -0.05) is 36.4 Å². The predicted octanol–water partition coefficient (Wildman–Crippen LogP) is 3.98. The third-order valence-electron chi connectivity index (χ3n) is 4.73. The normalized spacial score (nSPS) is 12.2. The van der Waals surface area contributed by atoms with E-state index in [1.807, 2.05) is 66.9 Å². The second-order valence-corrected chi connectivity index (χ2v) is 6.89. The van der Waals surface area contributed by atoms with E-state index in [1.54, 1.807) is 10.8 Å². The fourth-order valence-corrected chi connectivity index (χ4v) is 3.14. The van der Waals surface area contributed by atoms with Crippen molar-refractivity contribution in [3.8, 4) is 17.1 Å². The van der Waals surface area contributed by atoms with Gasteiger partial charge in [-0.25, -0.2) is 9.48 Å². The van der Waals surface area contributed by atoms with Crippen molar-refractivity contribution in [3.63, 3.8) is 0 Å². The lowest BCUT2D eigenvalue weighted by molar-refractivity contribution is -0.149. The molecule has 2 aromatic carbocycles. The van der Waals surface area contributed by atoms with E-state index in [-0.39, 0.29) is 5.91 Å². The summed E-state index contributed by atoms with van der Waals surface area (Å²) in [5.74, 6) is -0.414. The summed E-state index contributed by atoms with van der Waals surface area (Å²) in [6.07, 6.45) is 3.80. The molecule has 7 heteroatoms. The monoisotopic (exact) mass is 415 g/mol. The second kappa shape index (κ2) is 8.71.